The van der Waals surface area contributed by atoms with E-state index in [-0.39, 0.29) is 18.7 Å². The molecule has 2 aromatic heterocycles. The van der Waals surface area contributed by atoms with E-state index >= 15 is 0 Å². The second-order valence-electron chi connectivity index (χ2n) is 9.65. The molecule has 0 aromatic carbocycles. The number of hydrogen-bond acceptors (Lipinski definition) is 7. The summed E-state index contributed by atoms with van der Waals surface area (Å²) in [4.78, 5) is 80.7. The van der Waals surface area contributed by atoms with E-state index in [0.29, 0.717) is 50.2 Å². The molecule has 2 aromatic rings. The van der Waals surface area contributed by atoms with E-state index in [0.717, 1.165) is 0 Å². The van der Waals surface area contributed by atoms with Crippen molar-refractivity contribution in [3.63, 3.8) is 0 Å². The predicted molar refractivity (Wildman–Crippen MR) is 133 cm³/mol. The minimum absolute atomic E-state index is 0.131. The fraction of sp³-hybridized carbons (Fsp3) is 0.542. The quantitative estimate of drug-likeness (QED) is 0.244. The van der Waals surface area contributed by atoms with Crippen molar-refractivity contribution in [1.82, 2.24) is 40.4 Å². The number of likely N-dealkylation sites (tertiary alicyclic amines) is 2. The largest absolute Gasteiger partial charge is 0.368 e. The molecule has 2 fully saturated rings. The second-order valence-corrected chi connectivity index (χ2v) is 9.65. The van der Waals surface area contributed by atoms with Crippen LogP contribution in [0.5, 0.6) is 0 Å². The summed E-state index contributed by atoms with van der Waals surface area (Å²) in [5.41, 5.74) is 6.77. The van der Waals surface area contributed by atoms with Gasteiger partial charge in [0.2, 0.25) is 29.5 Å². The van der Waals surface area contributed by atoms with Crippen molar-refractivity contribution in [2.75, 3.05) is 13.1 Å². The smallest absolute Gasteiger partial charge is 0.246 e. The van der Waals surface area contributed by atoms with Crippen molar-refractivity contribution in [2.24, 2.45) is 5.73 Å². The maximum atomic E-state index is 13.7. The number of rotatable bonds is 10. The van der Waals surface area contributed by atoms with Gasteiger partial charge in [-0.3, -0.25) is 24.0 Å². The first kappa shape index (κ1) is 26.8. The molecule has 14 nitrogen and oxygen atoms in total. The maximum absolute atomic E-state index is 13.7. The van der Waals surface area contributed by atoms with Gasteiger partial charge in [-0.25, -0.2) is 9.97 Å². The number of carbonyl (C=O) groups excluding carboxylic acids is 5. The van der Waals surface area contributed by atoms with Crippen LogP contribution >= 0.6 is 0 Å². The molecule has 4 rings (SSSR count). The minimum atomic E-state index is -0.985. The average molecular weight is 528 g/mol. The molecule has 4 atom stereocenters. The van der Waals surface area contributed by atoms with Gasteiger partial charge in [0.05, 0.1) is 12.7 Å². The number of aromatic amines is 2. The van der Waals surface area contributed by atoms with Gasteiger partial charge < -0.3 is 36.1 Å². The molecule has 0 unspecified atom stereocenters. The lowest BCUT2D eigenvalue weighted by molar-refractivity contribution is -0.143. The summed E-state index contributed by atoms with van der Waals surface area (Å²) in [6, 6.07) is -3.45. The van der Waals surface area contributed by atoms with Gasteiger partial charge in [-0.2, -0.15) is 0 Å². The Kier molecular flexibility index (Phi) is 8.38. The van der Waals surface area contributed by atoms with Crippen molar-refractivity contribution < 1.29 is 24.0 Å². The lowest BCUT2D eigenvalue weighted by atomic mass is 10.1. The van der Waals surface area contributed by atoms with Crippen LogP contribution in [-0.2, 0) is 36.8 Å². The maximum Gasteiger partial charge on any atom is 0.246 e. The van der Waals surface area contributed by atoms with Gasteiger partial charge in [0.25, 0.3) is 0 Å². The van der Waals surface area contributed by atoms with Crippen LogP contribution in [0.2, 0.25) is 0 Å². The van der Waals surface area contributed by atoms with Crippen LogP contribution in [0.1, 0.15) is 44.0 Å². The fourth-order valence-electron chi connectivity index (χ4n) is 5.11. The molecule has 0 bridgehead atoms. The number of imidazole rings is 2. The molecule has 14 heteroatoms. The molecule has 5 amide bonds. The van der Waals surface area contributed by atoms with Gasteiger partial charge in [0.15, 0.2) is 0 Å². The van der Waals surface area contributed by atoms with Gasteiger partial charge in [-0.05, 0) is 25.7 Å². The third-order valence-corrected chi connectivity index (χ3v) is 7.03. The number of hydrogen-bond donors (Lipinski definition) is 5. The molecule has 0 spiro atoms. The molecule has 0 radical (unpaired) electrons. The Labute approximate surface area is 219 Å². The molecular weight excluding hydrogens is 494 g/mol. The van der Waals surface area contributed by atoms with Crippen LogP contribution in [0.4, 0.5) is 0 Å². The third-order valence-electron chi connectivity index (χ3n) is 7.03. The standard InChI is InChI=1S/C24H33N9O5/c1-14(34)32-6-2-4-19(32)22(36)31-18(9-16-11-27-13-29-16)24(38)33-7-3-5-20(33)23(37)30-17(21(25)35)8-15-10-26-12-28-15/h10-13,17-20H,2-9H2,1H3,(H2,25,35)(H,26,28)(H,27,29)(H,30,37)(H,31,36)/t17-,18-,19-,20-/m0/s1. The number of nitrogens with two attached hydrogens (primary N) is 1. The molecule has 6 N–H and O–H groups in total. The molecule has 0 aliphatic carbocycles. The molecule has 2 aliphatic rings. The van der Waals surface area contributed by atoms with Crippen LogP contribution in [-0.4, -0.2) is 96.5 Å². The number of nitrogens with one attached hydrogen (secondary N) is 4. The Bertz CT molecular complexity index is 1150. The summed E-state index contributed by atoms with van der Waals surface area (Å²) >= 11 is 0. The summed E-state index contributed by atoms with van der Waals surface area (Å²) in [5.74, 6) is -2.25. The van der Waals surface area contributed by atoms with E-state index in [4.69, 9.17) is 5.73 Å². The monoisotopic (exact) mass is 527 g/mol. The molecular formula is C24H33N9O5. The normalized spacial score (nSPS) is 20.7. The van der Waals surface area contributed by atoms with Crippen molar-refractivity contribution in [3.05, 3.63) is 36.4 Å². The van der Waals surface area contributed by atoms with E-state index in [1.165, 1.54) is 35.6 Å². The van der Waals surface area contributed by atoms with Crippen molar-refractivity contribution in [3.8, 4) is 0 Å². The first-order chi connectivity index (χ1) is 18.2. The predicted octanol–water partition coefficient (Wildman–Crippen LogP) is -1.63. The Morgan fingerprint density at radius 3 is 1.89 bits per heavy atom. The highest BCUT2D eigenvalue weighted by Crippen LogP contribution is 2.21. The highest BCUT2D eigenvalue weighted by molar-refractivity contribution is 5.95. The van der Waals surface area contributed by atoms with Crippen LogP contribution in [0, 0.1) is 0 Å². The second kappa shape index (κ2) is 11.9. The minimum Gasteiger partial charge on any atom is -0.368 e. The first-order valence-electron chi connectivity index (χ1n) is 12.7. The number of aromatic nitrogens is 4. The van der Waals surface area contributed by atoms with E-state index < -0.39 is 47.8 Å². The lowest BCUT2D eigenvalue weighted by Gasteiger charge is -2.31. The number of nitrogens with zero attached hydrogens (tertiary/aromatic N) is 4. The van der Waals surface area contributed by atoms with Crippen LogP contribution in [0.25, 0.3) is 0 Å². The lowest BCUT2D eigenvalue weighted by Crippen LogP contribution is -2.58. The summed E-state index contributed by atoms with van der Waals surface area (Å²) in [5, 5.41) is 5.49. The first-order valence-corrected chi connectivity index (χ1v) is 12.7. The summed E-state index contributed by atoms with van der Waals surface area (Å²) in [6.07, 6.45) is 8.49. The summed E-state index contributed by atoms with van der Waals surface area (Å²) in [7, 11) is 0. The zero-order valence-electron chi connectivity index (χ0n) is 21.2. The third kappa shape index (κ3) is 6.18. The molecule has 204 valence electrons. The van der Waals surface area contributed by atoms with Crippen LogP contribution < -0.4 is 16.4 Å². The number of H-pyrrole nitrogens is 2. The van der Waals surface area contributed by atoms with E-state index in [9.17, 15) is 24.0 Å². The van der Waals surface area contributed by atoms with Crippen LogP contribution in [0.15, 0.2) is 25.0 Å². The van der Waals surface area contributed by atoms with Gasteiger partial charge >= 0.3 is 0 Å². The van der Waals surface area contributed by atoms with Crippen molar-refractivity contribution in [2.45, 2.75) is 69.6 Å². The van der Waals surface area contributed by atoms with Crippen LogP contribution in [0.3, 0.4) is 0 Å². The van der Waals surface area contributed by atoms with Crippen molar-refractivity contribution >= 4 is 29.5 Å². The number of carbonyl (C=O) groups is 5. The Morgan fingerprint density at radius 1 is 0.895 bits per heavy atom. The van der Waals surface area contributed by atoms with E-state index in [2.05, 4.69) is 30.6 Å². The van der Waals surface area contributed by atoms with Gasteiger partial charge in [-0.1, -0.05) is 0 Å². The van der Waals surface area contributed by atoms with E-state index in [1.807, 2.05) is 0 Å². The molecule has 4 heterocycles. The van der Waals surface area contributed by atoms with Crippen molar-refractivity contribution in [1.29, 1.82) is 0 Å². The zero-order valence-corrected chi connectivity index (χ0v) is 21.2. The fourth-order valence-corrected chi connectivity index (χ4v) is 5.11. The SMILES string of the molecule is CC(=O)N1CCC[C@H]1C(=O)N[C@@H](Cc1cnc[nH]1)C(=O)N1CCC[C@H]1C(=O)N[C@@H](Cc1cnc[nH]1)C(N)=O. The van der Waals surface area contributed by atoms with Gasteiger partial charge in [0, 0.05) is 56.6 Å². The highest BCUT2D eigenvalue weighted by atomic mass is 16.2. The molecule has 0 saturated carbocycles. The molecule has 2 aliphatic heterocycles. The van der Waals surface area contributed by atoms with E-state index in [1.54, 1.807) is 6.20 Å². The average Bonchev–Trinajstić information content (AvgIpc) is 3.69. The Balaban J connectivity index is 1.48. The summed E-state index contributed by atoms with van der Waals surface area (Å²) in [6.45, 7) is 2.22. The van der Waals surface area contributed by atoms with Gasteiger partial charge in [-0.15, -0.1) is 0 Å². The Morgan fingerprint density at radius 2 is 1.39 bits per heavy atom. The topological polar surface area (TPSA) is 199 Å². The number of amides is 5. The summed E-state index contributed by atoms with van der Waals surface area (Å²) < 4.78 is 0. The Hall–Kier alpha value is -4.23. The number of primary amides is 1. The zero-order chi connectivity index (χ0) is 27.2. The molecule has 38 heavy (non-hydrogen) atoms. The molecule has 2 saturated heterocycles. The highest BCUT2D eigenvalue weighted by Gasteiger charge is 2.40. The van der Waals surface area contributed by atoms with Gasteiger partial charge in [0.1, 0.15) is 24.2 Å².